The normalized spacial score (nSPS) is 14.1. The number of thiazole rings is 1. The van der Waals surface area contributed by atoms with Crippen LogP contribution in [-0.2, 0) is 16.6 Å². The van der Waals surface area contributed by atoms with E-state index in [1.807, 2.05) is 6.92 Å². The number of pyridine rings is 1. The van der Waals surface area contributed by atoms with E-state index in [1.54, 1.807) is 36.7 Å². The van der Waals surface area contributed by atoms with E-state index in [0.717, 1.165) is 4.88 Å². The van der Waals surface area contributed by atoms with E-state index in [4.69, 9.17) is 17.3 Å². The fraction of sp³-hybridized carbons (Fsp3) is 0.350. The summed E-state index contributed by atoms with van der Waals surface area (Å²) in [6, 6.07) is 7.05. The first-order chi connectivity index (χ1) is 14.3. The van der Waals surface area contributed by atoms with E-state index in [-0.39, 0.29) is 12.8 Å². The number of hydrogen-bond donors (Lipinski definition) is 2. The van der Waals surface area contributed by atoms with Crippen LogP contribution in [0.5, 0.6) is 0 Å². The van der Waals surface area contributed by atoms with Gasteiger partial charge in [-0.15, -0.1) is 21.5 Å². The van der Waals surface area contributed by atoms with Gasteiger partial charge in [0.1, 0.15) is 16.5 Å². The van der Waals surface area contributed by atoms with Gasteiger partial charge in [0, 0.05) is 29.2 Å². The standard InChI is InChI=1S/C20H22ClFN6OS/c1-12(22)9-20(2,18-14(21)4-3-7-24-18)11-26-17-6-5-15(27-28-17)19-25-10-13(30-19)8-16(23)29/h3-7,10,12H,8-9,11H2,1-2H3,(H2,23,29)(H,26,28)/t12-,20-/m0/s1. The van der Waals surface area contributed by atoms with Crippen molar-refractivity contribution < 1.29 is 9.18 Å². The zero-order chi connectivity index (χ0) is 21.7. The molecule has 3 N–H and O–H groups in total. The average molecular weight is 449 g/mol. The molecular weight excluding hydrogens is 427 g/mol. The van der Waals surface area contributed by atoms with Gasteiger partial charge in [-0.1, -0.05) is 18.5 Å². The van der Waals surface area contributed by atoms with Crippen molar-refractivity contribution in [3.05, 3.63) is 52.3 Å². The summed E-state index contributed by atoms with van der Waals surface area (Å²) in [5.74, 6) is 0.131. The number of carbonyl (C=O) groups is 1. The second-order valence-corrected chi connectivity index (χ2v) is 8.83. The zero-order valence-corrected chi connectivity index (χ0v) is 18.2. The fourth-order valence-corrected chi connectivity index (χ4v) is 4.45. The molecule has 3 heterocycles. The molecule has 3 aromatic heterocycles. The molecule has 30 heavy (non-hydrogen) atoms. The first kappa shape index (κ1) is 22.0. The second kappa shape index (κ2) is 9.44. The van der Waals surface area contributed by atoms with Crippen LogP contribution >= 0.6 is 22.9 Å². The predicted octanol–water partition coefficient (Wildman–Crippen LogP) is 3.79. The molecule has 10 heteroatoms. The Morgan fingerprint density at radius 2 is 2.13 bits per heavy atom. The molecule has 0 bridgehead atoms. The highest BCUT2D eigenvalue weighted by atomic mass is 35.5. The van der Waals surface area contributed by atoms with Crippen molar-refractivity contribution in [2.45, 2.75) is 38.3 Å². The molecule has 7 nitrogen and oxygen atoms in total. The van der Waals surface area contributed by atoms with E-state index >= 15 is 0 Å². The molecule has 0 fully saturated rings. The highest BCUT2D eigenvalue weighted by Crippen LogP contribution is 2.33. The van der Waals surface area contributed by atoms with Crippen LogP contribution in [0, 0.1) is 0 Å². The summed E-state index contributed by atoms with van der Waals surface area (Å²) in [6.07, 6.45) is 2.63. The van der Waals surface area contributed by atoms with Crippen LogP contribution in [0.25, 0.3) is 10.7 Å². The molecule has 3 rings (SSSR count). The maximum absolute atomic E-state index is 13.9. The number of alkyl halides is 1. The van der Waals surface area contributed by atoms with Gasteiger partial charge in [-0.25, -0.2) is 9.37 Å². The van der Waals surface area contributed by atoms with Crippen molar-refractivity contribution in [3.63, 3.8) is 0 Å². The van der Waals surface area contributed by atoms with Gasteiger partial charge in [0.05, 0.1) is 23.3 Å². The number of nitrogens with zero attached hydrogens (tertiary/aromatic N) is 4. The first-order valence-electron chi connectivity index (χ1n) is 9.33. The smallest absolute Gasteiger partial charge is 0.222 e. The summed E-state index contributed by atoms with van der Waals surface area (Å²) in [7, 11) is 0. The molecule has 0 aromatic carbocycles. The number of anilines is 1. The van der Waals surface area contributed by atoms with Gasteiger partial charge in [0.25, 0.3) is 0 Å². The Morgan fingerprint density at radius 1 is 1.33 bits per heavy atom. The number of primary amides is 1. The van der Waals surface area contributed by atoms with Crippen molar-refractivity contribution in [1.82, 2.24) is 20.2 Å². The molecular formula is C20H22ClFN6OS. The van der Waals surface area contributed by atoms with Crippen LogP contribution in [-0.4, -0.2) is 38.8 Å². The molecule has 0 radical (unpaired) electrons. The lowest BCUT2D eigenvalue weighted by molar-refractivity contribution is -0.117. The van der Waals surface area contributed by atoms with E-state index < -0.39 is 17.5 Å². The number of amides is 1. The summed E-state index contributed by atoms with van der Waals surface area (Å²) in [5, 5.41) is 12.8. The van der Waals surface area contributed by atoms with Gasteiger partial charge in [-0.05, 0) is 37.6 Å². The van der Waals surface area contributed by atoms with Gasteiger partial charge in [-0.3, -0.25) is 9.78 Å². The summed E-state index contributed by atoms with van der Waals surface area (Å²) >= 11 is 7.66. The molecule has 0 saturated heterocycles. The van der Waals surface area contributed by atoms with Crippen molar-refractivity contribution >= 4 is 34.7 Å². The van der Waals surface area contributed by atoms with Crippen LogP contribution < -0.4 is 11.1 Å². The van der Waals surface area contributed by atoms with Crippen molar-refractivity contribution in [2.75, 3.05) is 11.9 Å². The third kappa shape index (κ3) is 5.48. The Kier molecular flexibility index (Phi) is 6.94. The Hall–Kier alpha value is -2.65. The maximum atomic E-state index is 13.9. The van der Waals surface area contributed by atoms with Crippen LogP contribution in [0.3, 0.4) is 0 Å². The van der Waals surface area contributed by atoms with Gasteiger partial charge >= 0.3 is 0 Å². The third-order valence-corrected chi connectivity index (χ3v) is 5.83. The summed E-state index contributed by atoms with van der Waals surface area (Å²) in [6.45, 7) is 3.82. The first-order valence-corrected chi connectivity index (χ1v) is 10.5. The topological polar surface area (TPSA) is 107 Å². The molecule has 2 atom stereocenters. The summed E-state index contributed by atoms with van der Waals surface area (Å²) in [5.41, 5.74) is 5.81. The number of nitrogens with one attached hydrogen (secondary N) is 1. The lowest BCUT2D eigenvalue weighted by atomic mass is 9.81. The van der Waals surface area contributed by atoms with Crippen molar-refractivity contribution in [2.24, 2.45) is 5.73 Å². The van der Waals surface area contributed by atoms with Gasteiger partial charge in [-0.2, -0.15) is 0 Å². The molecule has 158 valence electrons. The number of nitrogens with two attached hydrogens (primary N) is 1. The number of carbonyl (C=O) groups excluding carboxylic acids is 1. The van der Waals surface area contributed by atoms with Gasteiger partial charge in [0.15, 0.2) is 0 Å². The lowest BCUT2D eigenvalue weighted by Gasteiger charge is -2.31. The summed E-state index contributed by atoms with van der Waals surface area (Å²) in [4.78, 5) is 20.4. The van der Waals surface area contributed by atoms with E-state index in [0.29, 0.717) is 33.8 Å². The molecule has 0 aliphatic carbocycles. The van der Waals surface area contributed by atoms with Crippen LogP contribution in [0.2, 0.25) is 5.02 Å². The average Bonchev–Trinajstić information content (AvgIpc) is 3.14. The molecule has 0 aliphatic heterocycles. The van der Waals surface area contributed by atoms with E-state index in [1.165, 1.54) is 18.3 Å². The predicted molar refractivity (Wildman–Crippen MR) is 116 cm³/mol. The lowest BCUT2D eigenvalue weighted by Crippen LogP contribution is -2.35. The number of halogens is 2. The molecule has 3 aromatic rings. The maximum Gasteiger partial charge on any atom is 0.222 e. The molecule has 0 aliphatic rings. The van der Waals surface area contributed by atoms with Crippen molar-refractivity contribution in [1.29, 1.82) is 0 Å². The molecule has 0 spiro atoms. The minimum atomic E-state index is -1.03. The second-order valence-electron chi connectivity index (χ2n) is 7.31. The quantitative estimate of drug-likeness (QED) is 0.515. The Morgan fingerprint density at radius 3 is 2.77 bits per heavy atom. The monoisotopic (exact) mass is 448 g/mol. The van der Waals surface area contributed by atoms with E-state index in [9.17, 15) is 9.18 Å². The van der Waals surface area contributed by atoms with Gasteiger partial charge < -0.3 is 11.1 Å². The molecule has 0 saturated carbocycles. The Bertz CT molecular complexity index is 1010. The molecule has 0 unspecified atom stereocenters. The number of rotatable bonds is 9. The SMILES string of the molecule is C[C@H](F)C[C@@](C)(CNc1ccc(-c2ncc(CC(N)=O)s2)nn1)c1ncccc1Cl. The number of hydrogen-bond acceptors (Lipinski definition) is 7. The summed E-state index contributed by atoms with van der Waals surface area (Å²) < 4.78 is 13.9. The largest absolute Gasteiger partial charge is 0.369 e. The number of aromatic nitrogens is 4. The third-order valence-electron chi connectivity index (χ3n) is 4.51. The highest BCUT2D eigenvalue weighted by Gasteiger charge is 2.32. The zero-order valence-electron chi connectivity index (χ0n) is 16.6. The fourth-order valence-electron chi connectivity index (χ4n) is 3.21. The van der Waals surface area contributed by atoms with Crippen LogP contribution in [0.15, 0.2) is 36.7 Å². The minimum absolute atomic E-state index is 0.145. The minimum Gasteiger partial charge on any atom is -0.369 e. The Labute approximate surface area is 182 Å². The Balaban J connectivity index is 1.73. The van der Waals surface area contributed by atoms with Crippen LogP contribution in [0.1, 0.15) is 30.8 Å². The van der Waals surface area contributed by atoms with Crippen LogP contribution in [0.4, 0.5) is 10.2 Å². The molecule has 1 amide bonds. The van der Waals surface area contributed by atoms with Gasteiger partial charge in [0.2, 0.25) is 5.91 Å². The van der Waals surface area contributed by atoms with E-state index in [2.05, 4.69) is 25.5 Å². The van der Waals surface area contributed by atoms with Crippen molar-refractivity contribution in [3.8, 4) is 10.7 Å². The highest BCUT2D eigenvalue weighted by molar-refractivity contribution is 7.15.